The number of piperidine rings is 1. The number of pyridine rings is 1. The number of carbonyl (C=O) groups excluding carboxylic acids is 3. The van der Waals surface area contributed by atoms with Gasteiger partial charge in [-0.15, -0.1) is 0 Å². The van der Waals surface area contributed by atoms with Crippen molar-refractivity contribution >= 4 is 17.7 Å². The van der Waals surface area contributed by atoms with Crippen molar-refractivity contribution in [2.45, 2.75) is 39.0 Å². The molecule has 1 aromatic heterocycles. The summed E-state index contributed by atoms with van der Waals surface area (Å²) in [6, 6.07) is 3.68. The van der Waals surface area contributed by atoms with Crippen molar-refractivity contribution in [3.05, 3.63) is 29.6 Å². The number of hydrogen-bond donors (Lipinski definition) is 1. The molecule has 7 heteroatoms. The molecule has 1 unspecified atom stereocenters. The lowest BCUT2D eigenvalue weighted by molar-refractivity contribution is -0.129. The molecule has 7 nitrogen and oxygen atoms in total. The zero-order chi connectivity index (χ0) is 20.4. The second-order valence-corrected chi connectivity index (χ2v) is 8.81. The van der Waals surface area contributed by atoms with E-state index in [1.807, 2.05) is 28.9 Å². The first-order valence-corrected chi connectivity index (χ1v) is 10.8. The molecule has 2 aliphatic heterocycles. The van der Waals surface area contributed by atoms with Gasteiger partial charge in [-0.3, -0.25) is 19.4 Å². The zero-order valence-corrected chi connectivity index (χ0v) is 17.1. The summed E-state index contributed by atoms with van der Waals surface area (Å²) in [4.78, 5) is 45.2. The Balaban J connectivity index is 1.23. The smallest absolute Gasteiger partial charge is 0.255 e. The SMILES string of the molecule is Cc1ccc(C(=O)N2CCC(CN3CC(C(=O)NCC4CC4)CC3=O)CC2)cn1. The van der Waals surface area contributed by atoms with Crippen LogP contribution in [0.2, 0.25) is 0 Å². The van der Waals surface area contributed by atoms with Crippen LogP contribution in [0.3, 0.4) is 0 Å². The molecule has 0 bridgehead atoms. The van der Waals surface area contributed by atoms with E-state index in [-0.39, 0.29) is 23.6 Å². The number of aromatic nitrogens is 1. The average molecular weight is 399 g/mol. The van der Waals surface area contributed by atoms with Crippen LogP contribution in [0.15, 0.2) is 18.3 Å². The first-order valence-electron chi connectivity index (χ1n) is 10.8. The fraction of sp³-hybridized carbons (Fsp3) is 0.636. The predicted molar refractivity (Wildman–Crippen MR) is 108 cm³/mol. The number of nitrogens with zero attached hydrogens (tertiary/aromatic N) is 3. The third-order valence-corrected chi connectivity index (χ3v) is 6.39. The second kappa shape index (κ2) is 8.51. The minimum atomic E-state index is -0.211. The summed E-state index contributed by atoms with van der Waals surface area (Å²) in [6.45, 7) is 5.28. The molecular weight excluding hydrogens is 368 g/mol. The van der Waals surface area contributed by atoms with Crippen molar-refractivity contribution in [2.75, 3.05) is 32.7 Å². The molecule has 1 saturated carbocycles. The van der Waals surface area contributed by atoms with Crippen LogP contribution in [0.25, 0.3) is 0 Å². The van der Waals surface area contributed by atoms with E-state index in [0.29, 0.717) is 50.0 Å². The third kappa shape index (κ3) is 4.95. The molecule has 1 atom stereocenters. The topological polar surface area (TPSA) is 82.6 Å². The maximum atomic E-state index is 12.6. The fourth-order valence-corrected chi connectivity index (χ4v) is 4.24. The van der Waals surface area contributed by atoms with E-state index < -0.39 is 0 Å². The average Bonchev–Trinajstić information content (AvgIpc) is 3.49. The Hall–Kier alpha value is -2.44. The van der Waals surface area contributed by atoms with E-state index in [4.69, 9.17) is 0 Å². The van der Waals surface area contributed by atoms with Gasteiger partial charge in [0.25, 0.3) is 5.91 Å². The van der Waals surface area contributed by atoms with Gasteiger partial charge in [0.05, 0.1) is 11.5 Å². The molecule has 3 aliphatic rings. The molecule has 1 aliphatic carbocycles. The van der Waals surface area contributed by atoms with E-state index in [0.717, 1.165) is 25.1 Å². The fourth-order valence-electron chi connectivity index (χ4n) is 4.24. The molecule has 1 aromatic rings. The lowest BCUT2D eigenvalue weighted by atomic mass is 9.95. The molecule has 0 aromatic carbocycles. The molecule has 1 N–H and O–H groups in total. The molecule has 3 heterocycles. The molecule has 0 radical (unpaired) electrons. The second-order valence-electron chi connectivity index (χ2n) is 8.81. The first kappa shape index (κ1) is 19.9. The van der Waals surface area contributed by atoms with Crippen molar-refractivity contribution in [1.82, 2.24) is 20.1 Å². The summed E-state index contributed by atoms with van der Waals surface area (Å²) in [5, 5.41) is 3.00. The highest BCUT2D eigenvalue weighted by atomic mass is 16.2. The van der Waals surface area contributed by atoms with Crippen LogP contribution in [0, 0.1) is 24.7 Å². The molecule has 3 amide bonds. The van der Waals surface area contributed by atoms with Gasteiger partial charge in [-0.25, -0.2) is 0 Å². The quantitative estimate of drug-likeness (QED) is 0.789. The first-order chi connectivity index (χ1) is 14.0. The van der Waals surface area contributed by atoms with Crippen molar-refractivity contribution in [1.29, 1.82) is 0 Å². The molecule has 29 heavy (non-hydrogen) atoms. The van der Waals surface area contributed by atoms with Gasteiger partial charge in [-0.05, 0) is 56.6 Å². The van der Waals surface area contributed by atoms with Crippen molar-refractivity contribution in [3.8, 4) is 0 Å². The molecule has 4 rings (SSSR count). The molecule has 156 valence electrons. The summed E-state index contributed by atoms with van der Waals surface area (Å²) in [6.07, 6.45) is 6.14. The van der Waals surface area contributed by atoms with Crippen LogP contribution in [0.5, 0.6) is 0 Å². The lowest BCUT2D eigenvalue weighted by Crippen LogP contribution is -2.42. The van der Waals surface area contributed by atoms with Crippen molar-refractivity contribution in [3.63, 3.8) is 0 Å². The van der Waals surface area contributed by atoms with E-state index in [9.17, 15) is 14.4 Å². The summed E-state index contributed by atoms with van der Waals surface area (Å²) >= 11 is 0. The largest absolute Gasteiger partial charge is 0.356 e. The van der Waals surface area contributed by atoms with Gasteiger partial charge in [0, 0.05) is 51.0 Å². The Morgan fingerprint density at radius 3 is 2.55 bits per heavy atom. The van der Waals surface area contributed by atoms with Crippen molar-refractivity contribution < 1.29 is 14.4 Å². The van der Waals surface area contributed by atoms with Gasteiger partial charge >= 0.3 is 0 Å². The van der Waals surface area contributed by atoms with Crippen LogP contribution >= 0.6 is 0 Å². The Morgan fingerprint density at radius 2 is 1.90 bits per heavy atom. The maximum Gasteiger partial charge on any atom is 0.255 e. The van der Waals surface area contributed by atoms with Crippen molar-refractivity contribution in [2.24, 2.45) is 17.8 Å². The monoisotopic (exact) mass is 398 g/mol. The Bertz CT molecular complexity index is 767. The zero-order valence-electron chi connectivity index (χ0n) is 17.1. The van der Waals surface area contributed by atoms with E-state index in [1.54, 1.807) is 6.20 Å². The van der Waals surface area contributed by atoms with Crippen LogP contribution in [0.4, 0.5) is 0 Å². The highest BCUT2D eigenvalue weighted by molar-refractivity contribution is 5.94. The summed E-state index contributed by atoms with van der Waals surface area (Å²) in [5.74, 6) is 0.960. The maximum absolute atomic E-state index is 12.6. The van der Waals surface area contributed by atoms with E-state index >= 15 is 0 Å². The normalized spacial score (nSPS) is 22.8. The number of amides is 3. The Morgan fingerprint density at radius 1 is 1.14 bits per heavy atom. The number of aryl methyl sites for hydroxylation is 1. The van der Waals surface area contributed by atoms with Gasteiger partial charge in [0.1, 0.15) is 0 Å². The van der Waals surface area contributed by atoms with Gasteiger partial charge in [0.15, 0.2) is 0 Å². The van der Waals surface area contributed by atoms with Crippen LogP contribution in [-0.2, 0) is 9.59 Å². The Labute approximate surface area is 171 Å². The highest BCUT2D eigenvalue weighted by Crippen LogP contribution is 2.28. The minimum absolute atomic E-state index is 0.0277. The molecule has 0 spiro atoms. The van der Waals surface area contributed by atoms with Crippen LogP contribution in [0.1, 0.15) is 48.2 Å². The molecular formula is C22H30N4O3. The van der Waals surface area contributed by atoms with Gasteiger partial charge in [-0.1, -0.05) is 0 Å². The molecule has 3 fully saturated rings. The van der Waals surface area contributed by atoms with Crippen LogP contribution in [-0.4, -0.2) is 65.2 Å². The third-order valence-electron chi connectivity index (χ3n) is 6.39. The van der Waals surface area contributed by atoms with E-state index in [2.05, 4.69) is 10.3 Å². The summed E-state index contributed by atoms with van der Waals surface area (Å²) in [5.41, 5.74) is 1.53. The van der Waals surface area contributed by atoms with E-state index in [1.165, 1.54) is 12.8 Å². The molecule has 2 saturated heterocycles. The number of carbonyl (C=O) groups is 3. The summed E-state index contributed by atoms with van der Waals surface area (Å²) < 4.78 is 0. The van der Waals surface area contributed by atoms with Gasteiger partial charge < -0.3 is 15.1 Å². The Kier molecular flexibility index (Phi) is 5.83. The highest BCUT2D eigenvalue weighted by Gasteiger charge is 2.36. The predicted octanol–water partition coefficient (Wildman–Crippen LogP) is 1.62. The number of nitrogens with one attached hydrogen (secondary N) is 1. The lowest BCUT2D eigenvalue weighted by Gasteiger charge is -2.34. The minimum Gasteiger partial charge on any atom is -0.356 e. The number of rotatable bonds is 6. The van der Waals surface area contributed by atoms with Crippen LogP contribution < -0.4 is 5.32 Å². The number of likely N-dealkylation sites (tertiary alicyclic amines) is 2. The van der Waals surface area contributed by atoms with Gasteiger partial charge in [-0.2, -0.15) is 0 Å². The summed E-state index contributed by atoms with van der Waals surface area (Å²) in [7, 11) is 0. The van der Waals surface area contributed by atoms with Gasteiger partial charge in [0.2, 0.25) is 11.8 Å². The standard InChI is InChI=1S/C22H30N4O3/c1-15-2-5-18(12-23-15)22(29)25-8-6-17(7-9-25)13-26-14-19(10-20(26)27)21(28)24-11-16-3-4-16/h2,5,12,16-17,19H,3-4,6-11,13-14H2,1H3,(H,24,28). The number of hydrogen-bond acceptors (Lipinski definition) is 4.